The van der Waals surface area contributed by atoms with Gasteiger partial charge < -0.3 is 5.11 Å². The van der Waals surface area contributed by atoms with Crippen LogP contribution in [-0.2, 0) is 10.0 Å². The molecule has 1 aromatic rings. The number of carboxylic acid groups (broad SMARTS) is 1. The molecule has 1 aromatic carbocycles. The molecule has 118 valence electrons. The van der Waals surface area contributed by atoms with Gasteiger partial charge in [0.25, 0.3) is 0 Å². The fourth-order valence-electron chi connectivity index (χ4n) is 1.65. The van der Waals surface area contributed by atoms with Gasteiger partial charge in [-0.05, 0) is 25.0 Å². The summed E-state index contributed by atoms with van der Waals surface area (Å²) in [4.78, 5) is 11.0. The van der Waals surface area contributed by atoms with E-state index in [0.29, 0.717) is 5.56 Å². The summed E-state index contributed by atoms with van der Waals surface area (Å²) in [6.45, 7) is 1.50. The number of para-hydroxylation sites is 1. The number of carbonyl (C=O) groups is 1. The van der Waals surface area contributed by atoms with Gasteiger partial charge in [0.05, 0.1) is 17.0 Å². The molecule has 0 fully saturated rings. The van der Waals surface area contributed by atoms with E-state index in [1.807, 2.05) is 4.72 Å². The lowest BCUT2D eigenvalue weighted by atomic mass is 10.1. The Morgan fingerprint density at radius 1 is 1.33 bits per heavy atom. The third-order valence-electron chi connectivity index (χ3n) is 2.63. The monoisotopic (exact) mass is 325 g/mol. The standard InChI is InChI=1S/C12H14F3NO4S/c1-8-4-2-5-9(11(17)18)10(8)16-21(19,20)7-3-6-12(13,14)15/h2,4-5,16H,3,6-7H2,1H3,(H,17,18). The summed E-state index contributed by atoms with van der Waals surface area (Å²) in [7, 11) is -4.05. The van der Waals surface area contributed by atoms with Crippen molar-refractivity contribution < 1.29 is 31.5 Å². The highest BCUT2D eigenvalue weighted by Gasteiger charge is 2.27. The molecule has 0 bridgehead atoms. The molecule has 0 aromatic heterocycles. The molecule has 0 radical (unpaired) electrons. The lowest BCUT2D eigenvalue weighted by molar-refractivity contribution is -0.134. The minimum Gasteiger partial charge on any atom is -0.478 e. The average molecular weight is 325 g/mol. The molecule has 0 spiro atoms. The summed E-state index contributed by atoms with van der Waals surface area (Å²) >= 11 is 0. The SMILES string of the molecule is Cc1cccc(C(=O)O)c1NS(=O)(=O)CCCC(F)(F)F. The van der Waals surface area contributed by atoms with E-state index in [1.54, 1.807) is 0 Å². The van der Waals surface area contributed by atoms with Crippen LogP contribution < -0.4 is 4.72 Å². The van der Waals surface area contributed by atoms with Crippen LogP contribution in [0.25, 0.3) is 0 Å². The number of aromatic carboxylic acids is 1. The van der Waals surface area contributed by atoms with E-state index >= 15 is 0 Å². The number of rotatable bonds is 6. The van der Waals surface area contributed by atoms with E-state index < -0.39 is 40.8 Å². The van der Waals surface area contributed by atoms with Crippen LogP contribution in [0.2, 0.25) is 0 Å². The number of benzene rings is 1. The second-order valence-corrected chi connectivity index (χ2v) is 6.28. The zero-order valence-corrected chi connectivity index (χ0v) is 11.9. The van der Waals surface area contributed by atoms with Crippen LogP contribution >= 0.6 is 0 Å². The second-order valence-electron chi connectivity index (χ2n) is 4.44. The topological polar surface area (TPSA) is 83.5 Å². The van der Waals surface area contributed by atoms with Crippen LogP contribution in [0, 0.1) is 6.92 Å². The van der Waals surface area contributed by atoms with Crippen LogP contribution in [0.5, 0.6) is 0 Å². The van der Waals surface area contributed by atoms with Crippen molar-refractivity contribution in [1.82, 2.24) is 0 Å². The van der Waals surface area contributed by atoms with E-state index in [-0.39, 0.29) is 11.3 Å². The quantitative estimate of drug-likeness (QED) is 0.842. The van der Waals surface area contributed by atoms with E-state index in [1.165, 1.54) is 25.1 Å². The predicted octanol–water partition coefficient (Wildman–Crippen LogP) is 2.78. The van der Waals surface area contributed by atoms with Crippen LogP contribution in [0.3, 0.4) is 0 Å². The van der Waals surface area contributed by atoms with Gasteiger partial charge in [0.15, 0.2) is 0 Å². The number of anilines is 1. The number of hydrogen-bond acceptors (Lipinski definition) is 3. The number of alkyl halides is 3. The minimum absolute atomic E-state index is 0.128. The fraction of sp³-hybridized carbons (Fsp3) is 0.417. The molecule has 0 heterocycles. The van der Waals surface area contributed by atoms with Crippen molar-refractivity contribution in [3.63, 3.8) is 0 Å². The molecule has 0 saturated carbocycles. The van der Waals surface area contributed by atoms with Gasteiger partial charge in [-0.3, -0.25) is 4.72 Å². The van der Waals surface area contributed by atoms with Gasteiger partial charge in [0.1, 0.15) is 0 Å². The maximum atomic E-state index is 12.0. The summed E-state index contributed by atoms with van der Waals surface area (Å²) in [6.07, 6.45) is -6.23. The molecule has 9 heteroatoms. The zero-order chi connectivity index (χ0) is 16.3. The largest absolute Gasteiger partial charge is 0.478 e. The van der Waals surface area contributed by atoms with Crippen molar-refractivity contribution in [3.8, 4) is 0 Å². The van der Waals surface area contributed by atoms with E-state index in [9.17, 15) is 26.4 Å². The first-order valence-electron chi connectivity index (χ1n) is 5.92. The average Bonchev–Trinajstić information content (AvgIpc) is 2.29. The zero-order valence-electron chi connectivity index (χ0n) is 11.1. The van der Waals surface area contributed by atoms with Gasteiger partial charge >= 0.3 is 12.1 Å². The van der Waals surface area contributed by atoms with Crippen LogP contribution in [0.4, 0.5) is 18.9 Å². The molecule has 5 nitrogen and oxygen atoms in total. The number of hydrogen-bond donors (Lipinski definition) is 2. The van der Waals surface area contributed by atoms with E-state index in [4.69, 9.17) is 5.11 Å². The van der Waals surface area contributed by atoms with Gasteiger partial charge in [-0.2, -0.15) is 13.2 Å². The lowest BCUT2D eigenvalue weighted by Crippen LogP contribution is -2.21. The van der Waals surface area contributed by atoms with Crippen LogP contribution in [0.1, 0.15) is 28.8 Å². The highest BCUT2D eigenvalue weighted by molar-refractivity contribution is 7.92. The molecule has 1 rings (SSSR count). The number of halogens is 3. The third kappa shape index (κ3) is 5.62. The predicted molar refractivity (Wildman–Crippen MR) is 70.8 cm³/mol. The Labute approximate surface area is 119 Å². The van der Waals surface area contributed by atoms with Crippen LogP contribution in [0.15, 0.2) is 18.2 Å². The van der Waals surface area contributed by atoms with Crippen molar-refractivity contribution >= 4 is 21.7 Å². The van der Waals surface area contributed by atoms with Gasteiger partial charge in [-0.1, -0.05) is 12.1 Å². The smallest absolute Gasteiger partial charge is 0.389 e. The maximum absolute atomic E-state index is 12.0. The molecule has 0 unspecified atom stereocenters. The molecular formula is C12H14F3NO4S. The van der Waals surface area contributed by atoms with E-state index in [0.717, 1.165) is 0 Å². The van der Waals surface area contributed by atoms with Crippen LogP contribution in [-0.4, -0.2) is 31.4 Å². The Morgan fingerprint density at radius 3 is 2.48 bits per heavy atom. The molecule has 0 saturated heterocycles. The third-order valence-corrected chi connectivity index (χ3v) is 3.98. The van der Waals surface area contributed by atoms with Crippen molar-refractivity contribution in [2.45, 2.75) is 25.9 Å². The summed E-state index contributed by atoms with van der Waals surface area (Å²) in [6, 6.07) is 4.16. The van der Waals surface area contributed by atoms with Gasteiger partial charge in [0, 0.05) is 6.42 Å². The Bertz CT molecular complexity index is 626. The summed E-state index contributed by atoms with van der Waals surface area (Å²) in [5.74, 6) is -2.06. The molecule has 0 aliphatic carbocycles. The first kappa shape index (κ1) is 17.3. The summed E-state index contributed by atoms with van der Waals surface area (Å²) < 4.78 is 61.5. The normalized spacial score (nSPS) is 12.2. The number of sulfonamides is 1. The Kier molecular flexibility index (Phi) is 5.21. The molecule has 0 atom stereocenters. The number of aryl methyl sites for hydroxylation is 1. The lowest BCUT2D eigenvalue weighted by Gasteiger charge is -2.13. The molecule has 0 aliphatic rings. The number of carboxylic acids is 1. The minimum atomic E-state index is -4.43. The first-order chi connectivity index (χ1) is 9.52. The van der Waals surface area contributed by atoms with E-state index in [2.05, 4.69) is 0 Å². The summed E-state index contributed by atoms with van der Waals surface area (Å²) in [5, 5.41) is 8.99. The van der Waals surface area contributed by atoms with Crippen molar-refractivity contribution in [1.29, 1.82) is 0 Å². The van der Waals surface area contributed by atoms with Gasteiger partial charge in [-0.25, -0.2) is 13.2 Å². The van der Waals surface area contributed by atoms with Crippen molar-refractivity contribution in [2.24, 2.45) is 0 Å². The van der Waals surface area contributed by atoms with Crippen molar-refractivity contribution in [3.05, 3.63) is 29.3 Å². The molecular weight excluding hydrogens is 311 g/mol. The van der Waals surface area contributed by atoms with Gasteiger partial charge in [-0.15, -0.1) is 0 Å². The Hall–Kier alpha value is -1.77. The molecule has 2 N–H and O–H groups in total. The molecule has 0 aliphatic heterocycles. The second kappa shape index (κ2) is 6.33. The number of nitrogens with one attached hydrogen (secondary N) is 1. The Balaban J connectivity index is 2.87. The molecule has 21 heavy (non-hydrogen) atoms. The molecule has 0 amide bonds. The summed E-state index contributed by atoms with van der Waals surface area (Å²) in [5.41, 5.74) is -0.0132. The highest BCUT2D eigenvalue weighted by Crippen LogP contribution is 2.24. The van der Waals surface area contributed by atoms with Gasteiger partial charge in [0.2, 0.25) is 10.0 Å². The highest BCUT2D eigenvalue weighted by atomic mass is 32.2. The first-order valence-corrected chi connectivity index (χ1v) is 7.57. The maximum Gasteiger partial charge on any atom is 0.389 e. The Morgan fingerprint density at radius 2 is 1.95 bits per heavy atom. The fourth-order valence-corrected chi connectivity index (χ4v) is 2.86. The van der Waals surface area contributed by atoms with Crippen molar-refractivity contribution in [2.75, 3.05) is 10.5 Å².